The van der Waals surface area contributed by atoms with E-state index in [-0.39, 0.29) is 35.8 Å². The number of ether oxygens (including phenoxy) is 1. The number of benzene rings is 1. The highest BCUT2D eigenvalue weighted by atomic mass is 32.2. The lowest BCUT2D eigenvalue weighted by Crippen LogP contribution is -2.53. The number of nitrogens with zero attached hydrogens (tertiary/aromatic N) is 2. The molecule has 0 saturated carbocycles. The molecule has 2 N–H and O–H groups in total. The van der Waals surface area contributed by atoms with Crippen molar-refractivity contribution < 1.29 is 36.7 Å². The van der Waals surface area contributed by atoms with Gasteiger partial charge in [0.1, 0.15) is 17.4 Å². The molecule has 1 fully saturated rings. The summed E-state index contributed by atoms with van der Waals surface area (Å²) >= 11 is 0. The van der Waals surface area contributed by atoms with Crippen LogP contribution in [0.4, 0.5) is 0 Å². The number of aromatic nitrogens is 1. The molecule has 0 radical (unpaired) electrons. The number of pyridine rings is 1. The molecule has 0 spiro atoms. The molecule has 1 saturated heterocycles. The van der Waals surface area contributed by atoms with E-state index in [1.165, 1.54) is 25.3 Å². The van der Waals surface area contributed by atoms with E-state index in [0.29, 0.717) is 23.3 Å². The number of methoxy groups -OCH3 is 1. The van der Waals surface area contributed by atoms with Crippen LogP contribution in [-0.4, -0.2) is 62.6 Å². The fourth-order valence-corrected chi connectivity index (χ4v) is 6.32. The number of sulfonamides is 1. The maximum absolute atomic E-state index is 13.4. The lowest BCUT2D eigenvalue weighted by Gasteiger charge is -2.23. The Balaban J connectivity index is 1.48. The summed E-state index contributed by atoms with van der Waals surface area (Å²) in [4.78, 5) is 39.7. The zero-order valence-electron chi connectivity index (χ0n) is 23.4. The van der Waals surface area contributed by atoms with E-state index in [2.05, 4.69) is 10.6 Å². The summed E-state index contributed by atoms with van der Waals surface area (Å²) in [5.41, 5.74) is 1.08. The maximum Gasteiger partial charge on any atom is 0.323 e. The Bertz CT molecular complexity index is 1570. The van der Waals surface area contributed by atoms with Gasteiger partial charge >= 0.3 is 15.0 Å². The van der Waals surface area contributed by atoms with Crippen molar-refractivity contribution in [3.63, 3.8) is 0 Å². The molecule has 3 heterocycles. The fourth-order valence-electron chi connectivity index (χ4n) is 4.85. The molecule has 1 aliphatic rings. The number of amides is 2. The van der Waals surface area contributed by atoms with Crippen LogP contribution >= 0.6 is 0 Å². The second kappa shape index (κ2) is 12.3. The third-order valence-corrected chi connectivity index (χ3v) is 8.85. The van der Waals surface area contributed by atoms with Crippen molar-refractivity contribution in [2.45, 2.75) is 57.1 Å². The lowest BCUT2D eigenvalue weighted by molar-refractivity contribution is -0.646. The molecule has 2 amide bonds. The number of ketones is 1. The van der Waals surface area contributed by atoms with Gasteiger partial charge in [-0.3, -0.25) is 14.4 Å². The highest BCUT2D eigenvalue weighted by Crippen LogP contribution is 2.29. The van der Waals surface area contributed by atoms with Crippen LogP contribution in [-0.2, 0) is 19.6 Å². The molecule has 41 heavy (non-hydrogen) atoms. The van der Waals surface area contributed by atoms with E-state index >= 15 is 0 Å². The largest absolute Gasteiger partial charge is 0.618 e. The quantitative estimate of drug-likeness (QED) is 0.284. The number of rotatable bonds is 9. The lowest BCUT2D eigenvalue weighted by atomic mass is 10.0. The van der Waals surface area contributed by atoms with Crippen LogP contribution in [0, 0.1) is 18.0 Å². The first-order valence-electron chi connectivity index (χ1n) is 13.3. The van der Waals surface area contributed by atoms with Crippen LogP contribution in [0.3, 0.4) is 0 Å². The van der Waals surface area contributed by atoms with Gasteiger partial charge < -0.3 is 25.0 Å². The van der Waals surface area contributed by atoms with E-state index in [1.54, 1.807) is 25.1 Å². The average molecular weight is 587 g/mol. The minimum absolute atomic E-state index is 0.0115. The molecule has 2 aromatic heterocycles. The number of hydrogen-bond donors (Lipinski definition) is 2. The fraction of sp³-hybridized carbons (Fsp3) is 0.429. The Kier molecular flexibility index (Phi) is 8.98. The van der Waals surface area contributed by atoms with Crippen LogP contribution in [0.15, 0.2) is 52.0 Å². The summed E-state index contributed by atoms with van der Waals surface area (Å²) in [7, 11) is -2.70. The summed E-state index contributed by atoms with van der Waals surface area (Å²) in [6.07, 6.45) is 1.85. The van der Waals surface area contributed by atoms with Crippen LogP contribution < -0.4 is 20.1 Å². The van der Waals surface area contributed by atoms with E-state index in [9.17, 15) is 28.0 Å². The highest BCUT2D eigenvalue weighted by Gasteiger charge is 2.37. The van der Waals surface area contributed by atoms with Crippen molar-refractivity contribution in [3.8, 4) is 5.75 Å². The van der Waals surface area contributed by atoms with Crippen molar-refractivity contribution in [2.75, 3.05) is 20.2 Å². The van der Waals surface area contributed by atoms with Crippen molar-refractivity contribution in [1.82, 2.24) is 14.9 Å². The van der Waals surface area contributed by atoms with Crippen LogP contribution in [0.25, 0.3) is 11.0 Å². The van der Waals surface area contributed by atoms with Crippen molar-refractivity contribution in [3.05, 3.63) is 59.1 Å². The number of carbonyl (C=O) groups is 3. The van der Waals surface area contributed by atoms with Gasteiger partial charge in [0.05, 0.1) is 19.7 Å². The molecule has 0 bridgehead atoms. The maximum atomic E-state index is 13.4. The van der Waals surface area contributed by atoms with Crippen molar-refractivity contribution >= 4 is 38.6 Å². The Morgan fingerprint density at radius 2 is 2.00 bits per heavy atom. The summed E-state index contributed by atoms with van der Waals surface area (Å²) in [6, 6.07) is 7.31. The Labute approximate surface area is 238 Å². The summed E-state index contributed by atoms with van der Waals surface area (Å²) in [5, 5.41) is 17.8. The van der Waals surface area contributed by atoms with Crippen molar-refractivity contribution in [1.29, 1.82) is 0 Å². The first-order valence-corrected chi connectivity index (χ1v) is 14.8. The normalized spacial score (nSPS) is 17.3. The number of aryl methyl sites for hydroxylation is 1. The molecule has 1 aromatic carbocycles. The predicted molar refractivity (Wildman–Crippen MR) is 149 cm³/mol. The predicted octanol–water partition coefficient (Wildman–Crippen LogP) is 2.07. The van der Waals surface area contributed by atoms with E-state index in [1.807, 2.05) is 13.8 Å². The molecule has 12 nitrogen and oxygen atoms in total. The Morgan fingerprint density at radius 3 is 2.68 bits per heavy atom. The number of furan rings is 1. The van der Waals surface area contributed by atoms with Gasteiger partial charge in [-0.1, -0.05) is 13.8 Å². The second-order valence-electron chi connectivity index (χ2n) is 10.4. The van der Waals surface area contributed by atoms with Crippen LogP contribution in [0.2, 0.25) is 0 Å². The van der Waals surface area contributed by atoms with Gasteiger partial charge in [-0.25, -0.2) is 8.42 Å². The molecule has 2 atom stereocenters. The monoisotopic (exact) mass is 586 g/mol. The van der Waals surface area contributed by atoms with Gasteiger partial charge in [0.2, 0.25) is 5.91 Å². The number of carbonyl (C=O) groups excluding carboxylic acids is 3. The molecule has 1 aliphatic heterocycles. The van der Waals surface area contributed by atoms with Gasteiger partial charge in [-0.15, -0.1) is 0 Å². The summed E-state index contributed by atoms with van der Waals surface area (Å²) in [5.74, 6) is -0.968. The van der Waals surface area contributed by atoms with Crippen LogP contribution in [0.5, 0.6) is 5.75 Å². The number of hydrogen-bond acceptors (Lipinski definition) is 8. The Morgan fingerprint density at radius 1 is 1.24 bits per heavy atom. The molecule has 13 heteroatoms. The average Bonchev–Trinajstić information content (AvgIpc) is 3.14. The number of nitrogens with one attached hydrogen (secondary N) is 2. The molecule has 220 valence electrons. The second-order valence-corrected chi connectivity index (χ2v) is 12.3. The molecular formula is C28H34N4O8S. The van der Waals surface area contributed by atoms with Gasteiger partial charge in [-0.2, -0.15) is 9.04 Å². The summed E-state index contributed by atoms with van der Waals surface area (Å²) in [6.45, 7) is 5.06. The summed E-state index contributed by atoms with van der Waals surface area (Å²) < 4.78 is 38.3. The SMILES string of the molecule is COc1ccc2c(C)c(C(=O)NC(CC(C)C)C(=O)N[C@H]3CCCN(S(=O)(=O)c4cccc[n+]4[O-])CC3=O)oc2c1. The topological polar surface area (TPSA) is 162 Å². The molecule has 4 rings (SSSR count). The zero-order valence-corrected chi connectivity index (χ0v) is 24.2. The van der Waals surface area contributed by atoms with Crippen molar-refractivity contribution in [2.24, 2.45) is 5.92 Å². The minimum Gasteiger partial charge on any atom is -0.618 e. The third-order valence-electron chi connectivity index (χ3n) is 7.01. The van der Waals surface area contributed by atoms with E-state index in [4.69, 9.17) is 9.15 Å². The smallest absolute Gasteiger partial charge is 0.323 e. The van der Waals surface area contributed by atoms with Crippen LogP contribution in [0.1, 0.15) is 49.2 Å². The molecule has 0 aliphatic carbocycles. The van der Waals surface area contributed by atoms with Gasteiger partial charge in [0, 0.05) is 35.7 Å². The molecule has 3 aromatic rings. The Hall–Kier alpha value is -3.97. The molecule has 1 unspecified atom stereocenters. The number of Topliss-reactive ketones (excluding diaryl/α,β-unsaturated/α-hetero) is 1. The third kappa shape index (κ3) is 6.51. The zero-order chi connectivity index (χ0) is 29.9. The molecular weight excluding hydrogens is 552 g/mol. The van der Waals surface area contributed by atoms with Gasteiger partial charge in [0.15, 0.2) is 17.7 Å². The van der Waals surface area contributed by atoms with Gasteiger partial charge in [-0.05, 0) is 50.3 Å². The number of fused-ring (bicyclic) bond motifs is 1. The minimum atomic E-state index is -4.22. The van der Waals surface area contributed by atoms with E-state index in [0.717, 1.165) is 15.9 Å². The van der Waals surface area contributed by atoms with Gasteiger partial charge in [0.25, 0.3) is 5.91 Å². The highest BCUT2D eigenvalue weighted by molar-refractivity contribution is 7.89. The standard InChI is InChI=1S/C28H34N4O8S/c1-17(2)14-22(30-28(35)26-18(3)20-11-10-19(39-4)15-24(20)40-26)27(34)29-21-8-7-12-31(16-23(21)33)41(37,38)25-9-5-6-13-32(25)36/h5-6,9-11,13,15,17,21-22H,7-8,12,14,16H2,1-4H3,(H,29,34)(H,30,35)/t21-,22?/m0/s1. The van der Waals surface area contributed by atoms with E-state index < -0.39 is 51.3 Å². The first kappa shape index (κ1) is 30.0. The first-order chi connectivity index (χ1) is 19.4.